The average molecular weight is 409 g/mol. The molecule has 3 heterocycles. The molecule has 0 radical (unpaired) electrons. The van der Waals surface area contributed by atoms with Crippen molar-refractivity contribution in [3.8, 4) is 5.69 Å². The number of nitrogens with zero attached hydrogens (tertiary/aromatic N) is 6. The second-order valence-electron chi connectivity index (χ2n) is 8.33. The second kappa shape index (κ2) is 7.50. The van der Waals surface area contributed by atoms with Crippen LogP contribution in [0.2, 0.25) is 5.02 Å². The molecule has 0 N–H and O–H groups in total. The Bertz CT molecular complexity index is 1040. The van der Waals surface area contributed by atoms with Gasteiger partial charge in [-0.05, 0) is 69.5 Å². The lowest BCUT2D eigenvalue weighted by Crippen LogP contribution is -2.18. The average Bonchev–Trinajstić information content (AvgIpc) is 3.05. The summed E-state index contributed by atoms with van der Waals surface area (Å²) in [6.07, 6.45) is 6.32. The van der Waals surface area contributed by atoms with E-state index in [1.165, 1.54) is 16.9 Å². The lowest BCUT2D eigenvalue weighted by Gasteiger charge is -2.28. The summed E-state index contributed by atoms with van der Waals surface area (Å²) in [7, 11) is 2.11. The summed E-state index contributed by atoms with van der Waals surface area (Å²) in [5.41, 5.74) is 3.57. The van der Waals surface area contributed by atoms with Gasteiger partial charge in [-0.1, -0.05) is 11.6 Å². The largest absolute Gasteiger partial charge is 0.295 e. The Labute approximate surface area is 176 Å². The summed E-state index contributed by atoms with van der Waals surface area (Å²) >= 11 is 6.28. The van der Waals surface area contributed by atoms with Crippen molar-refractivity contribution >= 4 is 11.6 Å². The van der Waals surface area contributed by atoms with Crippen LogP contribution >= 0.6 is 11.6 Å². The molecule has 0 atom stereocenters. The molecule has 1 saturated carbocycles. The van der Waals surface area contributed by atoms with Crippen molar-refractivity contribution < 1.29 is 0 Å². The molecule has 0 amide bonds. The van der Waals surface area contributed by atoms with Gasteiger partial charge >= 0.3 is 0 Å². The van der Waals surface area contributed by atoms with Crippen LogP contribution in [0.5, 0.6) is 0 Å². The van der Waals surface area contributed by atoms with E-state index in [4.69, 9.17) is 11.6 Å². The van der Waals surface area contributed by atoms with E-state index >= 15 is 0 Å². The van der Waals surface area contributed by atoms with Gasteiger partial charge in [-0.3, -0.25) is 9.47 Å². The van der Waals surface area contributed by atoms with E-state index in [0.29, 0.717) is 11.8 Å². The molecule has 0 saturated heterocycles. The highest BCUT2D eigenvalue weighted by atomic mass is 35.5. The van der Waals surface area contributed by atoms with E-state index in [1.807, 2.05) is 19.2 Å². The van der Waals surface area contributed by atoms with Gasteiger partial charge in [0.1, 0.15) is 11.6 Å². The highest BCUT2D eigenvalue weighted by Crippen LogP contribution is 2.40. The first-order valence-electron chi connectivity index (χ1n) is 10.3. The molecule has 7 heteroatoms. The van der Waals surface area contributed by atoms with E-state index in [1.54, 1.807) is 0 Å². The standard InChI is InChI=1S/C22H25ClN6/c1-14-24-10-9-19(25-14)15-3-5-16(6-4-15)22-27-26-21-13-28(2)12-17-11-18(23)7-8-20(17)29(21)22/h7-11,15-16H,3-6,12-13H2,1-2H3. The van der Waals surface area contributed by atoms with Crippen molar-refractivity contribution in [2.45, 2.75) is 57.5 Å². The fraction of sp³-hybridized carbons (Fsp3) is 0.455. The summed E-state index contributed by atoms with van der Waals surface area (Å²) in [6.45, 7) is 3.61. The molecule has 1 aromatic carbocycles. The molecule has 150 valence electrons. The minimum absolute atomic E-state index is 0.419. The van der Waals surface area contributed by atoms with Crippen molar-refractivity contribution in [3.05, 3.63) is 64.2 Å². The van der Waals surface area contributed by atoms with Gasteiger partial charge in [-0.15, -0.1) is 10.2 Å². The number of hydrogen-bond acceptors (Lipinski definition) is 5. The van der Waals surface area contributed by atoms with Crippen molar-refractivity contribution in [2.24, 2.45) is 0 Å². The van der Waals surface area contributed by atoms with Gasteiger partial charge in [-0.25, -0.2) is 9.97 Å². The molecule has 1 aliphatic carbocycles. The van der Waals surface area contributed by atoms with Crippen molar-refractivity contribution in [3.63, 3.8) is 0 Å². The van der Waals surface area contributed by atoms with Crippen LogP contribution in [0.15, 0.2) is 30.5 Å². The Hall–Kier alpha value is -2.31. The quantitative estimate of drug-likeness (QED) is 0.628. The maximum absolute atomic E-state index is 6.28. The van der Waals surface area contributed by atoms with Crippen LogP contribution in [0.4, 0.5) is 0 Å². The maximum atomic E-state index is 6.28. The Morgan fingerprint density at radius 1 is 1.00 bits per heavy atom. The van der Waals surface area contributed by atoms with Gasteiger partial charge < -0.3 is 0 Å². The molecular formula is C22H25ClN6. The zero-order valence-corrected chi connectivity index (χ0v) is 17.6. The van der Waals surface area contributed by atoms with Gasteiger partial charge in [0.15, 0.2) is 5.82 Å². The Kier molecular flexibility index (Phi) is 4.84. The van der Waals surface area contributed by atoms with E-state index in [-0.39, 0.29) is 0 Å². The van der Waals surface area contributed by atoms with Crippen LogP contribution in [-0.4, -0.2) is 36.7 Å². The summed E-state index contributed by atoms with van der Waals surface area (Å²) in [5, 5.41) is 10.0. The molecule has 1 fully saturated rings. The van der Waals surface area contributed by atoms with Crippen LogP contribution < -0.4 is 0 Å². The molecule has 0 bridgehead atoms. The van der Waals surface area contributed by atoms with Gasteiger partial charge in [0, 0.05) is 35.3 Å². The second-order valence-corrected chi connectivity index (χ2v) is 8.77. The van der Waals surface area contributed by atoms with Gasteiger partial charge in [0.05, 0.1) is 12.2 Å². The third-order valence-corrected chi connectivity index (χ3v) is 6.43. The SMILES string of the molecule is Cc1nccc(C2CCC(c3nnc4n3-c3ccc(Cl)cc3CN(C)C4)CC2)n1. The normalized spacial score (nSPS) is 22.0. The first kappa shape index (κ1) is 18.7. The van der Waals surface area contributed by atoms with E-state index in [2.05, 4.69) is 54.9 Å². The van der Waals surface area contributed by atoms with Crippen LogP contribution in [0.25, 0.3) is 5.69 Å². The highest BCUT2D eigenvalue weighted by molar-refractivity contribution is 6.30. The predicted octanol–water partition coefficient (Wildman–Crippen LogP) is 4.41. The topological polar surface area (TPSA) is 59.7 Å². The summed E-state index contributed by atoms with van der Waals surface area (Å²) in [4.78, 5) is 11.2. The molecule has 6 nitrogen and oxygen atoms in total. The Morgan fingerprint density at radius 2 is 1.79 bits per heavy atom. The van der Waals surface area contributed by atoms with Crippen LogP contribution in [-0.2, 0) is 13.1 Å². The third-order valence-electron chi connectivity index (χ3n) is 6.20. The molecule has 1 aliphatic heterocycles. The summed E-state index contributed by atoms with van der Waals surface area (Å²) in [6, 6.07) is 8.22. The van der Waals surface area contributed by atoms with E-state index in [0.717, 1.165) is 61.3 Å². The monoisotopic (exact) mass is 408 g/mol. The minimum atomic E-state index is 0.419. The van der Waals surface area contributed by atoms with Crippen LogP contribution in [0.3, 0.4) is 0 Å². The third kappa shape index (κ3) is 3.55. The van der Waals surface area contributed by atoms with E-state index < -0.39 is 0 Å². The van der Waals surface area contributed by atoms with Crippen molar-refractivity contribution in [2.75, 3.05) is 7.05 Å². The highest BCUT2D eigenvalue weighted by Gasteiger charge is 2.30. The Morgan fingerprint density at radius 3 is 2.59 bits per heavy atom. The van der Waals surface area contributed by atoms with Crippen molar-refractivity contribution in [1.82, 2.24) is 29.6 Å². The van der Waals surface area contributed by atoms with Gasteiger partial charge in [-0.2, -0.15) is 0 Å². The maximum Gasteiger partial charge on any atom is 0.151 e. The smallest absolute Gasteiger partial charge is 0.151 e. The zero-order chi connectivity index (χ0) is 20.0. The Balaban J connectivity index is 1.44. The molecule has 29 heavy (non-hydrogen) atoms. The van der Waals surface area contributed by atoms with Crippen molar-refractivity contribution in [1.29, 1.82) is 0 Å². The molecule has 3 aromatic rings. The minimum Gasteiger partial charge on any atom is -0.295 e. The lowest BCUT2D eigenvalue weighted by atomic mass is 9.80. The summed E-state index contributed by atoms with van der Waals surface area (Å²) < 4.78 is 2.29. The fourth-order valence-corrected chi connectivity index (χ4v) is 4.99. The first-order chi connectivity index (χ1) is 14.1. The molecule has 0 unspecified atom stereocenters. The molecule has 0 spiro atoms. The number of rotatable bonds is 2. The predicted molar refractivity (Wildman–Crippen MR) is 112 cm³/mol. The number of hydrogen-bond donors (Lipinski definition) is 0. The number of benzene rings is 1. The molecule has 2 aliphatic rings. The first-order valence-corrected chi connectivity index (χ1v) is 10.7. The number of aromatic nitrogens is 5. The van der Waals surface area contributed by atoms with Gasteiger partial charge in [0.2, 0.25) is 0 Å². The lowest BCUT2D eigenvalue weighted by molar-refractivity contribution is 0.315. The molecular weight excluding hydrogens is 384 g/mol. The number of halogens is 1. The van der Waals surface area contributed by atoms with E-state index in [9.17, 15) is 0 Å². The molecule has 5 rings (SSSR count). The molecule has 2 aromatic heterocycles. The van der Waals surface area contributed by atoms with Crippen LogP contribution in [0, 0.1) is 6.92 Å². The zero-order valence-electron chi connectivity index (χ0n) is 16.8. The fourth-order valence-electron chi connectivity index (χ4n) is 4.80. The summed E-state index contributed by atoms with van der Waals surface area (Å²) in [5.74, 6) is 3.89. The number of aryl methyl sites for hydroxylation is 1. The number of fused-ring (bicyclic) bond motifs is 3. The van der Waals surface area contributed by atoms with Gasteiger partial charge in [0.25, 0.3) is 0 Å². The van der Waals surface area contributed by atoms with Crippen LogP contribution in [0.1, 0.15) is 66.2 Å².